The summed E-state index contributed by atoms with van der Waals surface area (Å²) < 4.78 is 52.7. The topological polar surface area (TPSA) is 151 Å². The zero-order chi connectivity index (χ0) is 23.8. The van der Waals surface area contributed by atoms with E-state index in [1.807, 2.05) is 0 Å². The molecule has 0 heterocycles. The Morgan fingerprint density at radius 2 is 1.66 bits per heavy atom. The molecule has 0 bridgehead atoms. The van der Waals surface area contributed by atoms with E-state index >= 15 is 0 Å². The fraction of sp³-hybridized carbons (Fsp3) is 0.316. The number of carbonyl (C=O) groups is 1. The zero-order valence-electron chi connectivity index (χ0n) is 17.4. The molecule has 32 heavy (non-hydrogen) atoms. The number of esters is 1. The summed E-state index contributed by atoms with van der Waals surface area (Å²) in [5, 5.41) is 13.3. The van der Waals surface area contributed by atoms with Crippen molar-refractivity contribution in [3.63, 3.8) is 0 Å². The van der Waals surface area contributed by atoms with Crippen molar-refractivity contribution in [3.05, 3.63) is 64.7 Å². The number of nitro benzene ring substituents is 1. The van der Waals surface area contributed by atoms with Gasteiger partial charge in [0.25, 0.3) is 5.69 Å². The molecule has 1 unspecified atom stereocenters. The molecule has 11 nitrogen and oxygen atoms in total. The van der Waals surface area contributed by atoms with Crippen LogP contribution in [-0.4, -0.2) is 44.0 Å². The van der Waals surface area contributed by atoms with Crippen LogP contribution < -0.4 is 14.1 Å². The van der Waals surface area contributed by atoms with Gasteiger partial charge in [-0.25, -0.2) is 13.0 Å². The van der Waals surface area contributed by atoms with Crippen molar-refractivity contribution in [2.45, 2.75) is 19.4 Å². The van der Waals surface area contributed by atoms with Gasteiger partial charge in [0.2, 0.25) is 0 Å². The molecule has 2 atom stereocenters. The Bertz CT molecular complexity index is 1080. The average Bonchev–Trinajstić information content (AvgIpc) is 2.71. The average molecular weight is 486 g/mol. The molecule has 2 aromatic carbocycles. The summed E-state index contributed by atoms with van der Waals surface area (Å²) in [6.45, 7) is 1.59. The zero-order valence-corrected chi connectivity index (χ0v) is 19.1. The van der Waals surface area contributed by atoms with Crippen LogP contribution in [0.4, 0.5) is 5.69 Å². The highest BCUT2D eigenvalue weighted by Gasteiger charge is 2.36. The summed E-state index contributed by atoms with van der Waals surface area (Å²) in [5.41, 5.74) is -0.207. The number of hydrogen-bond donors (Lipinski definition) is 1. The van der Waals surface area contributed by atoms with Crippen LogP contribution in [0, 0.1) is 10.1 Å². The Morgan fingerprint density at radius 3 is 2.16 bits per heavy atom. The highest BCUT2D eigenvalue weighted by atomic mass is 32.2. The number of sulfone groups is 1. The van der Waals surface area contributed by atoms with Gasteiger partial charge < -0.3 is 13.8 Å². The molecule has 0 fully saturated rings. The predicted molar refractivity (Wildman–Crippen MR) is 116 cm³/mol. The summed E-state index contributed by atoms with van der Waals surface area (Å²) in [4.78, 5) is 22.6. The Morgan fingerprint density at radius 1 is 1.09 bits per heavy atom. The van der Waals surface area contributed by atoms with Crippen molar-refractivity contribution in [1.82, 2.24) is 5.09 Å². The minimum Gasteiger partial charge on any atom is -0.465 e. The fourth-order valence-electron chi connectivity index (χ4n) is 2.46. The Hall–Kier alpha value is -2.95. The third-order valence-electron chi connectivity index (χ3n) is 3.90. The molecule has 13 heteroatoms. The lowest BCUT2D eigenvalue weighted by molar-refractivity contribution is -0.384. The van der Waals surface area contributed by atoms with Gasteiger partial charge in [-0.15, -0.1) is 0 Å². The molecule has 2 rings (SSSR count). The maximum atomic E-state index is 13.6. The first-order valence-corrected chi connectivity index (χ1v) is 13.0. The first kappa shape index (κ1) is 25.3. The SMILES string of the molecule is CCOC(=O)[C@H](CCS(C)(=O)=O)NP(=O)(Oc1ccccc1)Oc1ccc([N+](=O)[O-])cc1. The number of nitrogens with zero attached hydrogens (tertiary/aromatic N) is 1. The predicted octanol–water partition coefficient (Wildman–Crippen LogP) is 3.12. The third kappa shape index (κ3) is 8.29. The molecular formula is C19H23N2O9PS. The summed E-state index contributed by atoms with van der Waals surface area (Å²) in [5.74, 6) is -1.10. The first-order chi connectivity index (χ1) is 15.0. The minimum atomic E-state index is -4.33. The van der Waals surface area contributed by atoms with E-state index in [-0.39, 0.29) is 36.0 Å². The number of hydrogen-bond acceptors (Lipinski definition) is 9. The minimum absolute atomic E-state index is 0.0168. The third-order valence-corrected chi connectivity index (χ3v) is 6.41. The second-order valence-electron chi connectivity index (χ2n) is 6.60. The molecule has 174 valence electrons. The van der Waals surface area contributed by atoms with E-state index in [4.69, 9.17) is 13.8 Å². The Labute approximate surface area is 185 Å². The monoisotopic (exact) mass is 486 g/mol. The molecule has 0 aliphatic heterocycles. The molecule has 0 saturated heterocycles. The number of benzene rings is 2. The van der Waals surface area contributed by atoms with Gasteiger partial charge in [-0.1, -0.05) is 18.2 Å². The van der Waals surface area contributed by atoms with Gasteiger partial charge in [0, 0.05) is 18.4 Å². The van der Waals surface area contributed by atoms with Gasteiger partial charge in [-0.3, -0.25) is 14.9 Å². The number of nitro groups is 1. The van der Waals surface area contributed by atoms with E-state index in [1.165, 1.54) is 24.3 Å². The lowest BCUT2D eigenvalue weighted by Gasteiger charge is -2.24. The number of ether oxygens (including phenoxy) is 1. The lowest BCUT2D eigenvalue weighted by atomic mass is 10.2. The van der Waals surface area contributed by atoms with Gasteiger partial charge in [0.1, 0.15) is 27.4 Å². The molecule has 0 spiro atoms. The summed E-state index contributed by atoms with van der Waals surface area (Å²) in [6, 6.07) is 11.4. The van der Waals surface area contributed by atoms with Crippen molar-refractivity contribution in [3.8, 4) is 11.5 Å². The van der Waals surface area contributed by atoms with Crippen molar-refractivity contribution in [2.24, 2.45) is 0 Å². The van der Waals surface area contributed by atoms with E-state index in [9.17, 15) is 27.9 Å². The second-order valence-corrected chi connectivity index (χ2v) is 10.5. The van der Waals surface area contributed by atoms with Gasteiger partial charge >= 0.3 is 13.7 Å². The van der Waals surface area contributed by atoms with Crippen molar-refractivity contribution in [1.29, 1.82) is 0 Å². The standard InChI is InChI=1S/C19H23N2O9PS/c1-3-28-19(22)18(13-14-32(2,26)27)20-31(25,29-16-7-5-4-6-8-16)30-17-11-9-15(10-12-17)21(23)24/h4-12,18H,3,13-14H2,1-2H3,(H,20,25)/t18-,31?/m0/s1. The van der Waals surface area contributed by atoms with Gasteiger partial charge in [-0.2, -0.15) is 5.09 Å². The van der Waals surface area contributed by atoms with Crippen molar-refractivity contribution < 1.29 is 36.5 Å². The van der Waals surface area contributed by atoms with Gasteiger partial charge in [0.05, 0.1) is 17.3 Å². The van der Waals surface area contributed by atoms with E-state index in [0.29, 0.717) is 0 Å². The molecule has 2 aromatic rings. The molecule has 0 aromatic heterocycles. The van der Waals surface area contributed by atoms with Crippen LogP contribution in [0.1, 0.15) is 13.3 Å². The lowest BCUT2D eigenvalue weighted by Crippen LogP contribution is -2.39. The van der Waals surface area contributed by atoms with Crippen molar-refractivity contribution in [2.75, 3.05) is 18.6 Å². The summed E-state index contributed by atoms with van der Waals surface area (Å²) in [6.07, 6.45) is 0.756. The van der Waals surface area contributed by atoms with Crippen LogP contribution in [0.5, 0.6) is 11.5 Å². The number of nitrogens with one attached hydrogen (secondary N) is 1. The number of para-hydroxylation sites is 1. The van der Waals surface area contributed by atoms with Crippen LogP contribution in [0.3, 0.4) is 0 Å². The quantitative estimate of drug-likeness (QED) is 0.205. The van der Waals surface area contributed by atoms with Crippen LogP contribution in [-0.2, 0) is 23.9 Å². The normalized spacial score (nSPS) is 14.1. The summed E-state index contributed by atoms with van der Waals surface area (Å²) >= 11 is 0. The molecule has 0 saturated carbocycles. The molecular weight excluding hydrogens is 463 g/mol. The van der Waals surface area contributed by atoms with E-state index < -0.39 is 34.5 Å². The maximum absolute atomic E-state index is 13.6. The second kappa shape index (κ2) is 11.1. The van der Waals surface area contributed by atoms with E-state index in [2.05, 4.69) is 5.09 Å². The smallest absolute Gasteiger partial charge is 0.465 e. The molecule has 0 aliphatic rings. The highest BCUT2D eigenvalue weighted by molar-refractivity contribution is 7.90. The maximum Gasteiger partial charge on any atom is 0.513 e. The van der Waals surface area contributed by atoms with Crippen LogP contribution in [0.25, 0.3) is 0 Å². The molecule has 0 radical (unpaired) electrons. The van der Waals surface area contributed by atoms with Crippen LogP contribution in [0.2, 0.25) is 0 Å². The van der Waals surface area contributed by atoms with Crippen molar-refractivity contribution >= 4 is 29.2 Å². The molecule has 1 N–H and O–H groups in total. The largest absolute Gasteiger partial charge is 0.513 e. The number of carbonyl (C=O) groups excluding carboxylic acids is 1. The van der Waals surface area contributed by atoms with E-state index in [0.717, 1.165) is 18.4 Å². The number of rotatable bonds is 12. The van der Waals surface area contributed by atoms with Crippen LogP contribution >= 0.6 is 7.75 Å². The molecule has 0 aliphatic carbocycles. The number of non-ortho nitro benzene ring substituents is 1. The first-order valence-electron chi connectivity index (χ1n) is 9.42. The highest BCUT2D eigenvalue weighted by Crippen LogP contribution is 2.45. The molecule has 0 amide bonds. The fourth-order valence-corrected chi connectivity index (χ4v) is 4.68. The summed E-state index contributed by atoms with van der Waals surface area (Å²) in [7, 11) is -7.77. The van der Waals surface area contributed by atoms with Gasteiger partial charge in [-0.05, 0) is 37.6 Å². The van der Waals surface area contributed by atoms with E-state index in [1.54, 1.807) is 25.1 Å². The van der Waals surface area contributed by atoms with Crippen LogP contribution in [0.15, 0.2) is 54.6 Å². The van der Waals surface area contributed by atoms with Gasteiger partial charge in [0.15, 0.2) is 0 Å². The Kier molecular flexibility index (Phi) is 8.76. The Balaban J connectivity index is 2.34.